The van der Waals surface area contributed by atoms with E-state index in [1.165, 1.54) is 15.9 Å². The highest BCUT2D eigenvalue weighted by molar-refractivity contribution is 7.25. The van der Waals surface area contributed by atoms with Gasteiger partial charge in [-0.05, 0) is 19.4 Å². The van der Waals surface area contributed by atoms with Crippen LogP contribution in [0.2, 0.25) is 0 Å². The van der Waals surface area contributed by atoms with Crippen LogP contribution in [-0.4, -0.2) is 20.1 Å². The smallest absolute Gasteiger partial charge is 0.271 e. The second-order valence-corrected chi connectivity index (χ2v) is 7.16. The standard InChI is InChI=1S/C16H17N3O2S/c1-4-16(2)6-11-9(7-21-16)5-10-12-13(22-14(10)18-11)15(20)19(3)8-17-12/h5,8H,4,6-7H2,1-3H3. The number of hydrogen-bond donors (Lipinski definition) is 0. The summed E-state index contributed by atoms with van der Waals surface area (Å²) in [4.78, 5) is 22.4. The Bertz CT molecular complexity index is 959. The quantitative estimate of drug-likeness (QED) is 0.693. The van der Waals surface area contributed by atoms with Gasteiger partial charge in [0.2, 0.25) is 0 Å². The van der Waals surface area contributed by atoms with Gasteiger partial charge in [-0.25, -0.2) is 9.97 Å². The lowest BCUT2D eigenvalue weighted by molar-refractivity contribution is -0.0573. The summed E-state index contributed by atoms with van der Waals surface area (Å²) in [6.07, 6.45) is 3.34. The second-order valence-electron chi connectivity index (χ2n) is 6.16. The second kappa shape index (κ2) is 4.60. The van der Waals surface area contributed by atoms with E-state index >= 15 is 0 Å². The number of pyridine rings is 1. The largest absolute Gasteiger partial charge is 0.370 e. The lowest BCUT2D eigenvalue weighted by atomic mass is 9.91. The maximum absolute atomic E-state index is 12.2. The fourth-order valence-electron chi connectivity index (χ4n) is 2.88. The van der Waals surface area contributed by atoms with Crippen molar-refractivity contribution in [2.75, 3.05) is 0 Å². The van der Waals surface area contributed by atoms with E-state index in [0.717, 1.165) is 39.8 Å². The summed E-state index contributed by atoms with van der Waals surface area (Å²) >= 11 is 1.44. The van der Waals surface area contributed by atoms with Crippen molar-refractivity contribution in [3.63, 3.8) is 0 Å². The summed E-state index contributed by atoms with van der Waals surface area (Å²) in [5, 5.41) is 0.958. The molecule has 0 aromatic carbocycles. The predicted molar refractivity (Wildman–Crippen MR) is 87.4 cm³/mol. The van der Waals surface area contributed by atoms with Crippen LogP contribution < -0.4 is 5.56 Å². The molecule has 0 N–H and O–H groups in total. The van der Waals surface area contributed by atoms with E-state index in [9.17, 15) is 4.79 Å². The highest BCUT2D eigenvalue weighted by atomic mass is 32.1. The van der Waals surface area contributed by atoms with Crippen LogP contribution in [-0.2, 0) is 24.8 Å². The highest BCUT2D eigenvalue weighted by Gasteiger charge is 2.30. The Hall–Kier alpha value is -1.79. The molecule has 22 heavy (non-hydrogen) atoms. The number of ether oxygens (including phenoxy) is 1. The van der Waals surface area contributed by atoms with E-state index in [1.807, 2.05) is 0 Å². The maximum atomic E-state index is 12.2. The Kier molecular flexibility index (Phi) is 2.90. The third kappa shape index (κ3) is 1.90. The Morgan fingerprint density at radius 2 is 2.32 bits per heavy atom. The summed E-state index contributed by atoms with van der Waals surface area (Å²) in [7, 11) is 1.72. The maximum Gasteiger partial charge on any atom is 0.271 e. The topological polar surface area (TPSA) is 57.0 Å². The normalized spacial score (nSPS) is 21.4. The summed E-state index contributed by atoms with van der Waals surface area (Å²) in [6, 6.07) is 2.10. The monoisotopic (exact) mass is 315 g/mol. The van der Waals surface area contributed by atoms with Gasteiger partial charge < -0.3 is 9.30 Å². The van der Waals surface area contributed by atoms with Crippen LogP contribution in [0.25, 0.3) is 20.4 Å². The van der Waals surface area contributed by atoms with Gasteiger partial charge >= 0.3 is 0 Å². The number of rotatable bonds is 1. The van der Waals surface area contributed by atoms with Gasteiger partial charge in [0.1, 0.15) is 9.53 Å². The zero-order chi connectivity index (χ0) is 15.5. The molecule has 0 saturated heterocycles. The minimum absolute atomic E-state index is 0.0133. The molecule has 1 aliphatic heterocycles. The van der Waals surface area contributed by atoms with Crippen molar-refractivity contribution >= 4 is 31.8 Å². The average Bonchev–Trinajstić information content (AvgIpc) is 2.87. The highest BCUT2D eigenvalue weighted by Crippen LogP contribution is 2.35. The molecule has 0 radical (unpaired) electrons. The van der Waals surface area contributed by atoms with Gasteiger partial charge in [-0.1, -0.05) is 6.92 Å². The summed E-state index contributed by atoms with van der Waals surface area (Å²) in [5.74, 6) is 0. The van der Waals surface area contributed by atoms with E-state index in [2.05, 4.69) is 24.9 Å². The first-order valence-corrected chi connectivity index (χ1v) is 8.23. The van der Waals surface area contributed by atoms with Gasteiger partial charge in [0.25, 0.3) is 5.56 Å². The zero-order valence-corrected chi connectivity index (χ0v) is 13.7. The molecule has 1 atom stereocenters. The number of thiophene rings is 1. The van der Waals surface area contributed by atoms with Gasteiger partial charge in [-0.3, -0.25) is 4.79 Å². The number of hydrogen-bond acceptors (Lipinski definition) is 5. The van der Waals surface area contributed by atoms with Crippen molar-refractivity contribution < 1.29 is 4.74 Å². The van der Waals surface area contributed by atoms with Gasteiger partial charge in [0.15, 0.2) is 0 Å². The minimum Gasteiger partial charge on any atom is -0.370 e. The molecule has 4 heterocycles. The van der Waals surface area contributed by atoms with E-state index in [-0.39, 0.29) is 11.2 Å². The molecule has 0 amide bonds. The predicted octanol–water partition coefficient (Wildman–Crippen LogP) is 2.78. The molecule has 0 fully saturated rings. The van der Waals surface area contributed by atoms with E-state index in [1.54, 1.807) is 13.4 Å². The first-order valence-electron chi connectivity index (χ1n) is 7.41. The molecule has 114 valence electrons. The number of aryl methyl sites for hydroxylation is 1. The van der Waals surface area contributed by atoms with Crippen LogP contribution >= 0.6 is 11.3 Å². The van der Waals surface area contributed by atoms with E-state index in [4.69, 9.17) is 9.72 Å². The molecule has 4 rings (SSSR count). The van der Waals surface area contributed by atoms with Crippen molar-refractivity contribution in [2.24, 2.45) is 7.05 Å². The van der Waals surface area contributed by atoms with Crippen LogP contribution in [0.4, 0.5) is 0 Å². The molecule has 1 unspecified atom stereocenters. The molecule has 0 saturated carbocycles. The Morgan fingerprint density at radius 1 is 1.50 bits per heavy atom. The summed E-state index contributed by atoms with van der Waals surface area (Å²) < 4.78 is 8.18. The molecule has 0 aliphatic carbocycles. The molecular weight excluding hydrogens is 298 g/mol. The van der Waals surface area contributed by atoms with Crippen molar-refractivity contribution in [1.82, 2.24) is 14.5 Å². The number of aromatic nitrogens is 3. The molecule has 5 nitrogen and oxygen atoms in total. The van der Waals surface area contributed by atoms with Gasteiger partial charge in [-0.2, -0.15) is 0 Å². The van der Waals surface area contributed by atoms with Gasteiger partial charge in [0.05, 0.1) is 29.7 Å². The van der Waals surface area contributed by atoms with Crippen molar-refractivity contribution in [1.29, 1.82) is 0 Å². The Labute approximate surface area is 131 Å². The lowest BCUT2D eigenvalue weighted by Gasteiger charge is -2.33. The van der Waals surface area contributed by atoms with Crippen LogP contribution in [0.5, 0.6) is 0 Å². The third-order valence-electron chi connectivity index (χ3n) is 4.57. The summed E-state index contributed by atoms with van der Waals surface area (Å²) in [5.41, 5.74) is 2.80. The Balaban J connectivity index is 1.98. The molecule has 1 aliphatic rings. The fraction of sp³-hybridized carbons (Fsp3) is 0.438. The van der Waals surface area contributed by atoms with Crippen LogP contribution in [0.3, 0.4) is 0 Å². The van der Waals surface area contributed by atoms with Gasteiger partial charge in [-0.15, -0.1) is 11.3 Å². The zero-order valence-electron chi connectivity index (χ0n) is 12.8. The van der Waals surface area contributed by atoms with Crippen molar-refractivity contribution in [3.8, 4) is 0 Å². The Morgan fingerprint density at radius 3 is 3.09 bits per heavy atom. The number of fused-ring (bicyclic) bond motifs is 4. The SMILES string of the molecule is CCC1(C)Cc2nc3sc4c(=O)n(C)cnc4c3cc2CO1. The first-order chi connectivity index (χ1) is 10.5. The average molecular weight is 315 g/mol. The van der Waals surface area contributed by atoms with Gasteiger partial charge in [0, 0.05) is 24.4 Å². The molecule has 0 bridgehead atoms. The molecule has 3 aromatic rings. The van der Waals surface area contributed by atoms with Crippen molar-refractivity contribution in [3.05, 3.63) is 34.0 Å². The van der Waals surface area contributed by atoms with Crippen molar-refractivity contribution in [2.45, 2.75) is 38.9 Å². The fourth-order valence-corrected chi connectivity index (χ4v) is 3.99. The molecule has 6 heteroatoms. The lowest BCUT2D eigenvalue weighted by Crippen LogP contribution is -2.35. The van der Waals surface area contributed by atoms with E-state index < -0.39 is 0 Å². The summed E-state index contributed by atoms with van der Waals surface area (Å²) in [6.45, 7) is 4.84. The van der Waals surface area contributed by atoms with Crippen LogP contribution in [0.1, 0.15) is 31.5 Å². The first kappa shape index (κ1) is 13.8. The minimum atomic E-state index is -0.140. The third-order valence-corrected chi connectivity index (χ3v) is 5.64. The molecule has 3 aromatic heterocycles. The number of nitrogens with zero attached hydrogens (tertiary/aromatic N) is 3. The van der Waals surface area contributed by atoms with E-state index in [0.29, 0.717) is 11.3 Å². The van der Waals surface area contributed by atoms with Crippen LogP contribution in [0, 0.1) is 0 Å². The molecular formula is C16H17N3O2S. The van der Waals surface area contributed by atoms with Crippen LogP contribution in [0.15, 0.2) is 17.2 Å². The molecule has 0 spiro atoms.